The summed E-state index contributed by atoms with van der Waals surface area (Å²) in [5.74, 6) is -0.164. The number of amides is 2. The highest BCUT2D eigenvalue weighted by molar-refractivity contribution is 8.04. The molecule has 1 heterocycles. The third-order valence-electron chi connectivity index (χ3n) is 5.04. The maximum atomic E-state index is 12.3. The lowest BCUT2D eigenvalue weighted by atomic mass is 10.1. The van der Waals surface area contributed by atoms with E-state index in [1.54, 1.807) is 17.0 Å². The molecule has 6 heteroatoms. The first-order valence-corrected chi connectivity index (χ1v) is 10.9. The summed E-state index contributed by atoms with van der Waals surface area (Å²) in [6.45, 7) is 8.35. The lowest BCUT2D eigenvalue weighted by molar-refractivity contribution is -0.896. The number of carbonyl (C=O) groups excluding carboxylic acids is 2. The summed E-state index contributed by atoms with van der Waals surface area (Å²) in [5, 5.41) is 5.90. The normalized spacial score (nSPS) is 14.6. The highest BCUT2D eigenvalue weighted by Crippen LogP contribution is 2.38. The van der Waals surface area contributed by atoms with Crippen LogP contribution in [0.25, 0.3) is 6.08 Å². The van der Waals surface area contributed by atoms with E-state index >= 15 is 0 Å². The fraction of sp³-hybridized carbons (Fsp3) is 0.304. The fourth-order valence-corrected chi connectivity index (χ4v) is 4.18. The Labute approximate surface area is 176 Å². The van der Waals surface area contributed by atoms with Crippen LogP contribution in [0.15, 0.2) is 58.3 Å². The van der Waals surface area contributed by atoms with Crippen molar-refractivity contribution in [2.75, 3.05) is 31.5 Å². The zero-order chi connectivity index (χ0) is 20.6. The van der Waals surface area contributed by atoms with Gasteiger partial charge in [0.2, 0.25) is 0 Å². The molecule has 3 N–H and O–H groups in total. The summed E-state index contributed by atoms with van der Waals surface area (Å²) in [6.07, 6.45) is 2.82. The lowest BCUT2D eigenvalue weighted by Gasteiger charge is -2.18. The van der Waals surface area contributed by atoms with Gasteiger partial charge in [0, 0.05) is 23.4 Å². The van der Waals surface area contributed by atoms with Gasteiger partial charge in [0.05, 0.1) is 30.2 Å². The van der Waals surface area contributed by atoms with Crippen LogP contribution in [0.3, 0.4) is 0 Å². The predicted octanol–water partition coefficient (Wildman–Crippen LogP) is 2.82. The van der Waals surface area contributed by atoms with Crippen LogP contribution < -0.4 is 15.5 Å². The number of hydrogen-bond acceptors (Lipinski definition) is 3. The third-order valence-corrected chi connectivity index (χ3v) is 6.14. The minimum absolute atomic E-state index is 0.0579. The van der Waals surface area contributed by atoms with Crippen molar-refractivity contribution in [2.45, 2.75) is 25.2 Å². The molecular formula is C23H28N3O2S+. The molecule has 29 heavy (non-hydrogen) atoms. The number of anilines is 1. The number of nitrogens with one attached hydrogen (secondary N) is 3. The number of fused-ring (bicyclic) bond motifs is 1. The van der Waals surface area contributed by atoms with Gasteiger partial charge in [0.1, 0.15) is 0 Å². The van der Waals surface area contributed by atoms with Crippen LogP contribution in [0, 0.1) is 0 Å². The molecule has 2 aromatic carbocycles. The minimum Gasteiger partial charge on any atom is -0.352 e. The largest absolute Gasteiger partial charge is 0.352 e. The topological polar surface area (TPSA) is 62.6 Å². The summed E-state index contributed by atoms with van der Waals surface area (Å²) < 4.78 is 0. The monoisotopic (exact) mass is 410 g/mol. The van der Waals surface area contributed by atoms with Crippen molar-refractivity contribution in [3.05, 3.63) is 64.6 Å². The van der Waals surface area contributed by atoms with Crippen molar-refractivity contribution in [1.82, 2.24) is 5.32 Å². The zero-order valence-corrected chi connectivity index (χ0v) is 17.8. The Morgan fingerprint density at radius 3 is 2.55 bits per heavy atom. The second kappa shape index (κ2) is 10.3. The molecule has 0 unspecified atom stereocenters. The van der Waals surface area contributed by atoms with Crippen molar-refractivity contribution < 1.29 is 14.5 Å². The first-order valence-electron chi connectivity index (χ1n) is 10.1. The molecule has 0 aromatic heterocycles. The first-order chi connectivity index (χ1) is 14.1. The molecule has 2 aromatic rings. The van der Waals surface area contributed by atoms with Crippen LogP contribution in [-0.2, 0) is 4.79 Å². The standard InChI is InChI=1S/C23H27N3O2S/c1-3-26(4-2)15-7-14-24-22(27)18-12-10-17(11-13-18)16-21-23(28)25-19-8-5-6-9-20(19)29-21/h5-6,8-13,16H,3-4,7,14-15H2,1-2H3,(H,24,27)(H,25,28)/p+1. The average Bonchev–Trinajstić information content (AvgIpc) is 2.75. The quantitative estimate of drug-likeness (QED) is 0.463. The van der Waals surface area contributed by atoms with Gasteiger partial charge < -0.3 is 15.5 Å². The van der Waals surface area contributed by atoms with Crippen LogP contribution in [0.4, 0.5) is 5.69 Å². The van der Waals surface area contributed by atoms with E-state index in [1.165, 1.54) is 11.8 Å². The van der Waals surface area contributed by atoms with Gasteiger partial charge in [0.25, 0.3) is 11.8 Å². The maximum absolute atomic E-state index is 12.3. The Kier molecular flexibility index (Phi) is 7.49. The van der Waals surface area contributed by atoms with Gasteiger partial charge in [-0.1, -0.05) is 36.0 Å². The number of quaternary nitrogens is 1. The number of para-hydroxylation sites is 1. The van der Waals surface area contributed by atoms with E-state index < -0.39 is 0 Å². The zero-order valence-electron chi connectivity index (χ0n) is 17.0. The van der Waals surface area contributed by atoms with E-state index in [4.69, 9.17) is 0 Å². The van der Waals surface area contributed by atoms with E-state index in [9.17, 15) is 9.59 Å². The Morgan fingerprint density at radius 1 is 1.10 bits per heavy atom. The van der Waals surface area contributed by atoms with Crippen LogP contribution in [0.5, 0.6) is 0 Å². The van der Waals surface area contributed by atoms with Gasteiger partial charge >= 0.3 is 0 Å². The van der Waals surface area contributed by atoms with Gasteiger partial charge in [-0.05, 0) is 49.8 Å². The van der Waals surface area contributed by atoms with Crippen LogP contribution in [-0.4, -0.2) is 38.0 Å². The second-order valence-electron chi connectivity index (χ2n) is 7.00. The number of benzene rings is 2. The SMILES string of the molecule is CC[NH+](CC)CCCNC(=O)c1ccc(C=C2Sc3ccccc3NC2=O)cc1. The highest BCUT2D eigenvalue weighted by Gasteiger charge is 2.20. The fourth-order valence-electron chi connectivity index (χ4n) is 3.23. The first kappa shape index (κ1) is 21.1. The Balaban J connectivity index is 1.57. The molecule has 0 spiro atoms. The van der Waals surface area contributed by atoms with Crippen molar-refractivity contribution in [3.63, 3.8) is 0 Å². The third kappa shape index (κ3) is 5.71. The molecule has 1 aliphatic rings. The van der Waals surface area contributed by atoms with Crippen LogP contribution in [0.2, 0.25) is 0 Å². The molecule has 1 aliphatic heterocycles. The number of rotatable bonds is 8. The summed E-state index contributed by atoms with van der Waals surface area (Å²) >= 11 is 1.46. The van der Waals surface area contributed by atoms with E-state index in [1.807, 2.05) is 42.5 Å². The molecule has 0 bridgehead atoms. The molecule has 0 saturated heterocycles. The molecule has 0 saturated carbocycles. The average molecular weight is 411 g/mol. The molecule has 2 amide bonds. The predicted molar refractivity (Wildman–Crippen MR) is 119 cm³/mol. The molecule has 0 aliphatic carbocycles. The Hall–Kier alpha value is -2.57. The second-order valence-corrected chi connectivity index (χ2v) is 8.08. The van der Waals surface area contributed by atoms with Gasteiger partial charge in [0.15, 0.2) is 0 Å². The smallest absolute Gasteiger partial charge is 0.262 e. The van der Waals surface area contributed by atoms with E-state index in [0.29, 0.717) is 17.0 Å². The Bertz CT molecular complexity index is 889. The molecule has 152 valence electrons. The number of carbonyl (C=O) groups is 2. The lowest BCUT2D eigenvalue weighted by Crippen LogP contribution is -3.11. The van der Waals surface area contributed by atoms with Gasteiger partial charge in [-0.25, -0.2) is 0 Å². The number of hydrogen-bond donors (Lipinski definition) is 3. The van der Waals surface area contributed by atoms with Gasteiger partial charge in [-0.3, -0.25) is 9.59 Å². The van der Waals surface area contributed by atoms with Crippen molar-refractivity contribution in [1.29, 1.82) is 0 Å². The summed E-state index contributed by atoms with van der Waals surface area (Å²) in [6, 6.07) is 15.1. The van der Waals surface area contributed by atoms with Crippen molar-refractivity contribution in [2.24, 2.45) is 0 Å². The molecule has 5 nitrogen and oxygen atoms in total. The summed E-state index contributed by atoms with van der Waals surface area (Å²) in [5.41, 5.74) is 2.37. The van der Waals surface area contributed by atoms with E-state index in [2.05, 4.69) is 24.5 Å². The highest BCUT2D eigenvalue weighted by atomic mass is 32.2. The number of thioether (sulfide) groups is 1. The van der Waals surface area contributed by atoms with Crippen LogP contribution in [0.1, 0.15) is 36.2 Å². The van der Waals surface area contributed by atoms with Gasteiger partial charge in [-0.15, -0.1) is 0 Å². The maximum Gasteiger partial charge on any atom is 0.262 e. The van der Waals surface area contributed by atoms with Gasteiger partial charge in [-0.2, -0.15) is 0 Å². The molecule has 0 radical (unpaired) electrons. The van der Waals surface area contributed by atoms with E-state index in [-0.39, 0.29) is 11.8 Å². The van der Waals surface area contributed by atoms with Crippen LogP contribution >= 0.6 is 11.8 Å². The summed E-state index contributed by atoms with van der Waals surface area (Å²) in [4.78, 5) is 27.8. The van der Waals surface area contributed by atoms with E-state index in [0.717, 1.165) is 42.2 Å². The van der Waals surface area contributed by atoms with Crippen molar-refractivity contribution >= 4 is 35.3 Å². The Morgan fingerprint density at radius 2 is 1.83 bits per heavy atom. The minimum atomic E-state index is -0.106. The van der Waals surface area contributed by atoms with Crippen molar-refractivity contribution in [3.8, 4) is 0 Å². The molecule has 0 fully saturated rings. The summed E-state index contributed by atoms with van der Waals surface area (Å²) in [7, 11) is 0. The molecule has 3 rings (SSSR count). The molecular weight excluding hydrogens is 382 g/mol. The molecule has 0 atom stereocenters.